The summed E-state index contributed by atoms with van der Waals surface area (Å²) in [6.07, 6.45) is 0. The van der Waals surface area contributed by atoms with Crippen LogP contribution in [0.1, 0.15) is 10.4 Å². The summed E-state index contributed by atoms with van der Waals surface area (Å²) in [4.78, 5) is 14.2. The first kappa shape index (κ1) is 21.6. The zero-order chi connectivity index (χ0) is 21.0. The van der Waals surface area contributed by atoms with E-state index in [1.807, 2.05) is 4.90 Å². The second kappa shape index (κ2) is 9.17. The normalized spacial score (nSPS) is 16.0. The van der Waals surface area contributed by atoms with E-state index in [2.05, 4.69) is 5.32 Å². The van der Waals surface area contributed by atoms with Crippen LogP contribution in [-0.2, 0) is 10.0 Å². The van der Waals surface area contributed by atoms with Crippen LogP contribution in [0.2, 0.25) is 5.02 Å². The average molecular weight is 444 g/mol. The fourth-order valence-electron chi connectivity index (χ4n) is 3.08. The third-order valence-corrected chi connectivity index (χ3v) is 6.91. The van der Waals surface area contributed by atoms with Gasteiger partial charge in [0.25, 0.3) is 5.91 Å². The number of halogens is 3. The van der Waals surface area contributed by atoms with Crippen LogP contribution < -0.4 is 5.32 Å². The Kier molecular flexibility index (Phi) is 6.84. The molecule has 156 valence electrons. The predicted molar refractivity (Wildman–Crippen MR) is 105 cm³/mol. The largest absolute Gasteiger partial charge is 0.351 e. The lowest BCUT2D eigenvalue weighted by Crippen LogP contribution is -2.50. The number of nitrogens with one attached hydrogen (secondary N) is 1. The molecule has 1 saturated heterocycles. The van der Waals surface area contributed by atoms with Gasteiger partial charge in [0.2, 0.25) is 10.0 Å². The highest BCUT2D eigenvalue weighted by molar-refractivity contribution is 7.89. The van der Waals surface area contributed by atoms with Gasteiger partial charge in [0.05, 0.1) is 15.5 Å². The Hall–Kier alpha value is -2.07. The van der Waals surface area contributed by atoms with Crippen LogP contribution in [-0.4, -0.2) is 62.8 Å². The molecule has 29 heavy (non-hydrogen) atoms. The highest BCUT2D eigenvalue weighted by Crippen LogP contribution is 2.19. The molecule has 10 heteroatoms. The van der Waals surface area contributed by atoms with Gasteiger partial charge in [0, 0.05) is 39.3 Å². The number of amides is 1. The minimum absolute atomic E-state index is 0.0436. The molecule has 2 aromatic carbocycles. The number of hydrogen-bond acceptors (Lipinski definition) is 4. The van der Waals surface area contributed by atoms with Crippen LogP contribution in [0.15, 0.2) is 47.4 Å². The van der Waals surface area contributed by atoms with E-state index in [4.69, 9.17) is 11.6 Å². The van der Waals surface area contributed by atoms with Crippen LogP contribution in [0.4, 0.5) is 8.78 Å². The smallest absolute Gasteiger partial charge is 0.255 e. The van der Waals surface area contributed by atoms with Gasteiger partial charge in [0.15, 0.2) is 0 Å². The number of carbonyl (C=O) groups is 1. The highest BCUT2D eigenvalue weighted by atomic mass is 35.5. The molecule has 0 saturated carbocycles. The highest BCUT2D eigenvalue weighted by Gasteiger charge is 2.28. The minimum Gasteiger partial charge on any atom is -0.351 e. The number of nitrogens with zero attached hydrogens (tertiary/aromatic N) is 2. The first-order valence-electron chi connectivity index (χ1n) is 8.99. The SMILES string of the molecule is O=C(NCCN1CCN(S(=O)(=O)c2ccc(F)cc2)CC1)c1c(F)cccc1Cl. The fraction of sp³-hybridized carbons (Fsp3) is 0.316. The molecular weight excluding hydrogens is 424 g/mol. The molecule has 2 aromatic rings. The molecule has 1 N–H and O–H groups in total. The molecule has 0 aliphatic carbocycles. The molecule has 6 nitrogen and oxygen atoms in total. The summed E-state index contributed by atoms with van der Waals surface area (Å²) in [5.41, 5.74) is -0.190. The maximum absolute atomic E-state index is 13.8. The van der Waals surface area contributed by atoms with Gasteiger partial charge in [-0.05, 0) is 36.4 Å². The Labute approximate surface area is 173 Å². The molecule has 1 aliphatic heterocycles. The summed E-state index contributed by atoms with van der Waals surface area (Å²) in [7, 11) is -3.67. The van der Waals surface area contributed by atoms with Crippen molar-refractivity contribution in [2.24, 2.45) is 0 Å². The number of rotatable bonds is 6. The van der Waals surface area contributed by atoms with Crippen molar-refractivity contribution < 1.29 is 22.0 Å². The number of sulfonamides is 1. The van der Waals surface area contributed by atoms with Crippen LogP contribution in [0.25, 0.3) is 0 Å². The average Bonchev–Trinajstić information content (AvgIpc) is 2.68. The van der Waals surface area contributed by atoms with Crippen molar-refractivity contribution in [3.05, 3.63) is 64.7 Å². The Balaban J connectivity index is 1.49. The van der Waals surface area contributed by atoms with Crippen LogP contribution in [0, 0.1) is 11.6 Å². The number of hydrogen-bond donors (Lipinski definition) is 1. The molecule has 0 unspecified atom stereocenters. The second-order valence-corrected chi connectivity index (χ2v) is 8.90. The quantitative estimate of drug-likeness (QED) is 0.744. The molecule has 1 amide bonds. The third-order valence-electron chi connectivity index (χ3n) is 4.69. The first-order valence-corrected chi connectivity index (χ1v) is 10.8. The maximum Gasteiger partial charge on any atom is 0.255 e. The number of benzene rings is 2. The van der Waals surface area contributed by atoms with Crippen molar-refractivity contribution >= 4 is 27.5 Å². The Morgan fingerprint density at radius 2 is 1.69 bits per heavy atom. The number of carbonyl (C=O) groups excluding carboxylic acids is 1. The topological polar surface area (TPSA) is 69.7 Å². The second-order valence-electron chi connectivity index (χ2n) is 6.55. The predicted octanol–water partition coefficient (Wildman–Crippen LogP) is 2.35. The zero-order valence-corrected chi connectivity index (χ0v) is 17.0. The molecule has 0 bridgehead atoms. The van der Waals surface area contributed by atoms with Crippen LogP contribution >= 0.6 is 11.6 Å². The van der Waals surface area contributed by atoms with Gasteiger partial charge in [-0.1, -0.05) is 17.7 Å². The van der Waals surface area contributed by atoms with Gasteiger partial charge < -0.3 is 5.32 Å². The number of piperazine rings is 1. The van der Waals surface area contributed by atoms with E-state index < -0.39 is 27.6 Å². The van der Waals surface area contributed by atoms with Crippen LogP contribution in [0.3, 0.4) is 0 Å². The fourth-order valence-corrected chi connectivity index (χ4v) is 4.75. The Morgan fingerprint density at radius 1 is 1.03 bits per heavy atom. The molecule has 0 radical (unpaired) electrons. The summed E-state index contributed by atoms with van der Waals surface area (Å²) >= 11 is 5.88. The Morgan fingerprint density at radius 3 is 2.31 bits per heavy atom. The third kappa shape index (κ3) is 5.11. The summed E-state index contributed by atoms with van der Waals surface area (Å²) in [6, 6.07) is 8.78. The van der Waals surface area contributed by atoms with Crippen molar-refractivity contribution in [3.63, 3.8) is 0 Å². The standard InChI is InChI=1S/C19H20ClF2N3O3S/c20-16-2-1-3-17(22)18(16)19(26)23-8-9-24-10-12-25(13-11-24)29(27,28)15-6-4-14(21)5-7-15/h1-7H,8-13H2,(H,23,26). The Bertz CT molecular complexity index is 958. The van der Waals surface area contributed by atoms with Gasteiger partial charge in [-0.2, -0.15) is 4.31 Å². The summed E-state index contributed by atoms with van der Waals surface area (Å²) in [5.74, 6) is -1.77. The van der Waals surface area contributed by atoms with Crippen molar-refractivity contribution in [2.75, 3.05) is 39.3 Å². The summed E-state index contributed by atoms with van der Waals surface area (Å²) in [5, 5.41) is 2.67. The van der Waals surface area contributed by atoms with E-state index in [1.54, 1.807) is 0 Å². The van der Waals surface area contributed by atoms with Crippen LogP contribution in [0.5, 0.6) is 0 Å². The van der Waals surface area contributed by atoms with E-state index in [0.717, 1.165) is 12.1 Å². The van der Waals surface area contributed by atoms with Gasteiger partial charge in [-0.25, -0.2) is 17.2 Å². The van der Waals surface area contributed by atoms with E-state index in [9.17, 15) is 22.0 Å². The maximum atomic E-state index is 13.8. The minimum atomic E-state index is -3.67. The van der Waals surface area contributed by atoms with Gasteiger partial charge in [-0.15, -0.1) is 0 Å². The summed E-state index contributed by atoms with van der Waals surface area (Å²) < 4.78 is 53.4. The molecule has 0 aromatic heterocycles. The van der Waals surface area contributed by atoms with E-state index in [1.165, 1.54) is 34.6 Å². The van der Waals surface area contributed by atoms with E-state index in [-0.39, 0.29) is 35.1 Å². The van der Waals surface area contributed by atoms with Gasteiger partial charge in [-0.3, -0.25) is 9.69 Å². The van der Waals surface area contributed by atoms with Crippen molar-refractivity contribution in [3.8, 4) is 0 Å². The molecule has 0 spiro atoms. The zero-order valence-electron chi connectivity index (χ0n) is 15.4. The van der Waals surface area contributed by atoms with Gasteiger partial charge >= 0.3 is 0 Å². The lowest BCUT2D eigenvalue weighted by Gasteiger charge is -2.33. The van der Waals surface area contributed by atoms with E-state index in [0.29, 0.717) is 19.6 Å². The lowest BCUT2D eigenvalue weighted by atomic mass is 10.2. The first-order chi connectivity index (χ1) is 13.8. The van der Waals surface area contributed by atoms with Crippen molar-refractivity contribution in [1.29, 1.82) is 0 Å². The molecule has 0 atom stereocenters. The molecule has 1 aliphatic rings. The molecule has 1 fully saturated rings. The molecule has 1 heterocycles. The molecular formula is C19H20ClF2N3O3S. The molecule has 3 rings (SSSR count). The van der Waals surface area contributed by atoms with E-state index >= 15 is 0 Å². The monoisotopic (exact) mass is 443 g/mol. The van der Waals surface area contributed by atoms with Crippen molar-refractivity contribution in [1.82, 2.24) is 14.5 Å². The van der Waals surface area contributed by atoms with Gasteiger partial charge in [0.1, 0.15) is 11.6 Å². The lowest BCUT2D eigenvalue weighted by molar-refractivity contribution is 0.0941. The van der Waals surface area contributed by atoms with Crippen molar-refractivity contribution in [2.45, 2.75) is 4.90 Å². The summed E-state index contributed by atoms with van der Waals surface area (Å²) in [6.45, 7) is 2.30.